The van der Waals surface area contributed by atoms with Gasteiger partial charge in [0.05, 0.1) is 12.1 Å². The van der Waals surface area contributed by atoms with Crippen LogP contribution in [0.5, 0.6) is 0 Å². The van der Waals surface area contributed by atoms with Crippen molar-refractivity contribution in [3.63, 3.8) is 0 Å². The Morgan fingerprint density at radius 1 is 1.30 bits per heavy atom. The Morgan fingerprint density at radius 3 is 2.87 bits per heavy atom. The fourth-order valence-electron chi connectivity index (χ4n) is 3.43. The van der Waals surface area contributed by atoms with E-state index in [9.17, 15) is 9.59 Å². The van der Waals surface area contributed by atoms with Crippen molar-refractivity contribution in [3.8, 4) is 0 Å². The predicted molar refractivity (Wildman–Crippen MR) is 114 cm³/mol. The van der Waals surface area contributed by atoms with Crippen LogP contribution in [0.4, 0.5) is 16.7 Å². The number of hydrogen-bond acceptors (Lipinski definition) is 7. The van der Waals surface area contributed by atoms with Crippen LogP contribution in [0.2, 0.25) is 5.02 Å². The van der Waals surface area contributed by atoms with Crippen LogP contribution >= 0.6 is 11.6 Å². The number of nitrogens with zero attached hydrogens (tertiary/aromatic N) is 4. The lowest BCUT2D eigenvalue weighted by atomic mass is 10.1. The van der Waals surface area contributed by atoms with E-state index in [2.05, 4.69) is 25.3 Å². The van der Waals surface area contributed by atoms with Gasteiger partial charge in [0.25, 0.3) is 5.56 Å². The summed E-state index contributed by atoms with van der Waals surface area (Å²) >= 11 is 6.08. The summed E-state index contributed by atoms with van der Waals surface area (Å²) in [6, 6.07) is 6.54. The van der Waals surface area contributed by atoms with Crippen LogP contribution in [0.25, 0.3) is 10.9 Å². The lowest BCUT2D eigenvalue weighted by Gasteiger charge is -2.20. The minimum Gasteiger partial charge on any atom is -0.447 e. The first-order valence-electron chi connectivity index (χ1n) is 9.63. The maximum absolute atomic E-state index is 12.6. The Labute approximate surface area is 177 Å². The molecule has 3 aromatic rings. The highest BCUT2D eigenvalue weighted by Crippen LogP contribution is 2.24. The number of amides is 1. The molecule has 156 valence electrons. The van der Waals surface area contributed by atoms with Crippen molar-refractivity contribution in [2.45, 2.75) is 39.3 Å². The largest absolute Gasteiger partial charge is 0.447 e. The number of aromatic amines is 1. The molecule has 1 aromatic carbocycles. The van der Waals surface area contributed by atoms with Crippen molar-refractivity contribution < 1.29 is 9.53 Å². The number of rotatable bonds is 5. The topological polar surface area (TPSA) is 113 Å². The van der Waals surface area contributed by atoms with Gasteiger partial charge in [-0.25, -0.2) is 9.69 Å². The Kier molecular flexibility index (Phi) is 5.29. The number of halogens is 1. The number of carbonyl (C=O) groups is 1. The summed E-state index contributed by atoms with van der Waals surface area (Å²) in [5.74, 6) is 0.944. The summed E-state index contributed by atoms with van der Waals surface area (Å²) in [5.41, 5.74) is 0.998. The van der Waals surface area contributed by atoms with Gasteiger partial charge in [0, 0.05) is 21.5 Å². The third kappa shape index (κ3) is 3.80. The molecule has 0 saturated carbocycles. The number of hydrogen-bond donors (Lipinski definition) is 2. The molecule has 0 aliphatic carbocycles. The van der Waals surface area contributed by atoms with Gasteiger partial charge >= 0.3 is 6.09 Å². The lowest BCUT2D eigenvalue weighted by molar-refractivity contribution is 0.178. The minimum absolute atomic E-state index is 0.127. The molecule has 0 unspecified atom stereocenters. The molecular formula is C20H21ClN6O3. The van der Waals surface area contributed by atoms with Crippen LogP contribution in [-0.4, -0.2) is 38.7 Å². The van der Waals surface area contributed by atoms with Crippen molar-refractivity contribution in [1.82, 2.24) is 19.9 Å². The van der Waals surface area contributed by atoms with Crippen LogP contribution in [0.15, 0.2) is 29.1 Å². The number of carbonyl (C=O) groups excluding carboxylic acids is 1. The van der Waals surface area contributed by atoms with Gasteiger partial charge in [0.2, 0.25) is 11.9 Å². The zero-order valence-corrected chi connectivity index (χ0v) is 17.5. The molecule has 1 amide bonds. The second kappa shape index (κ2) is 7.91. The summed E-state index contributed by atoms with van der Waals surface area (Å²) < 4.78 is 5.13. The van der Waals surface area contributed by atoms with Crippen molar-refractivity contribution in [3.05, 3.63) is 51.0 Å². The average Bonchev–Trinajstić information content (AvgIpc) is 3.07. The molecule has 10 heteroatoms. The summed E-state index contributed by atoms with van der Waals surface area (Å²) in [7, 11) is 0. The standard InChI is InChI=1S/C20H21ClN6O3/c1-4-14-9-30-20(29)27(14)19-24-11(3)23-18(26-19)22-10(2)15-8-12-7-13(21)5-6-16(12)25-17(15)28/h5-8,10,14H,4,9H2,1-3H3,(H,25,28)(H,22,23,24,26)/t10-,14+/m1/s1. The smallest absolute Gasteiger partial charge is 0.417 e. The molecule has 1 aliphatic rings. The molecule has 3 heterocycles. The van der Waals surface area contributed by atoms with Crippen molar-refractivity contribution in [1.29, 1.82) is 0 Å². The summed E-state index contributed by atoms with van der Waals surface area (Å²) in [4.78, 5) is 42.0. The maximum atomic E-state index is 12.6. The number of aromatic nitrogens is 4. The minimum atomic E-state index is -0.477. The summed E-state index contributed by atoms with van der Waals surface area (Å²) in [6.07, 6.45) is 0.235. The van der Waals surface area contributed by atoms with E-state index in [1.165, 1.54) is 4.90 Å². The molecule has 0 spiro atoms. The number of benzene rings is 1. The van der Waals surface area contributed by atoms with Gasteiger partial charge in [-0.15, -0.1) is 0 Å². The number of ether oxygens (including phenoxy) is 1. The van der Waals surface area contributed by atoms with Gasteiger partial charge in [-0.2, -0.15) is 15.0 Å². The van der Waals surface area contributed by atoms with Crippen LogP contribution in [0.3, 0.4) is 0 Å². The average molecular weight is 429 g/mol. The maximum Gasteiger partial charge on any atom is 0.417 e. The van der Waals surface area contributed by atoms with E-state index < -0.39 is 12.1 Å². The van der Waals surface area contributed by atoms with Crippen LogP contribution in [-0.2, 0) is 4.74 Å². The molecule has 0 radical (unpaired) electrons. The highest BCUT2D eigenvalue weighted by atomic mass is 35.5. The van der Waals surface area contributed by atoms with Crippen molar-refractivity contribution in [2.75, 3.05) is 16.8 Å². The molecule has 30 heavy (non-hydrogen) atoms. The highest BCUT2D eigenvalue weighted by molar-refractivity contribution is 6.31. The first-order valence-corrected chi connectivity index (χ1v) is 10.0. The van der Waals surface area contributed by atoms with E-state index in [0.29, 0.717) is 35.0 Å². The monoisotopic (exact) mass is 428 g/mol. The predicted octanol–water partition coefficient (Wildman–Crippen LogP) is 3.58. The number of H-pyrrole nitrogens is 1. The second-order valence-corrected chi connectivity index (χ2v) is 7.60. The number of anilines is 2. The molecule has 0 bridgehead atoms. The zero-order chi connectivity index (χ0) is 21.4. The van der Waals surface area contributed by atoms with E-state index in [-0.39, 0.29) is 23.5 Å². The van der Waals surface area contributed by atoms with E-state index in [1.807, 2.05) is 13.8 Å². The van der Waals surface area contributed by atoms with Gasteiger partial charge < -0.3 is 15.0 Å². The number of nitrogens with one attached hydrogen (secondary N) is 2. The number of fused-ring (bicyclic) bond motifs is 1. The van der Waals surface area contributed by atoms with Crippen LogP contribution in [0.1, 0.15) is 37.7 Å². The third-order valence-corrected chi connectivity index (χ3v) is 5.27. The lowest BCUT2D eigenvalue weighted by Crippen LogP contribution is -2.35. The molecule has 1 fully saturated rings. The molecule has 2 atom stereocenters. The highest BCUT2D eigenvalue weighted by Gasteiger charge is 2.35. The molecule has 1 saturated heterocycles. The first kappa shape index (κ1) is 20.1. The van der Waals surface area contributed by atoms with E-state index in [4.69, 9.17) is 16.3 Å². The van der Waals surface area contributed by atoms with E-state index >= 15 is 0 Å². The van der Waals surface area contributed by atoms with Gasteiger partial charge in [0.1, 0.15) is 12.4 Å². The Hall–Kier alpha value is -3.20. The Balaban J connectivity index is 1.65. The van der Waals surface area contributed by atoms with Gasteiger partial charge in [-0.05, 0) is 44.5 Å². The molecule has 4 rings (SSSR count). The van der Waals surface area contributed by atoms with Crippen LogP contribution < -0.4 is 15.8 Å². The summed E-state index contributed by atoms with van der Waals surface area (Å²) in [6.45, 7) is 5.81. The molecule has 1 aliphatic heterocycles. The first-order chi connectivity index (χ1) is 14.4. The number of aryl methyl sites for hydroxylation is 1. The van der Waals surface area contributed by atoms with Crippen molar-refractivity contribution >= 4 is 40.5 Å². The van der Waals surface area contributed by atoms with E-state index in [0.717, 1.165) is 5.39 Å². The number of cyclic esters (lactones) is 1. The fraction of sp³-hybridized carbons (Fsp3) is 0.350. The Bertz CT molecular complexity index is 1180. The van der Waals surface area contributed by atoms with Gasteiger partial charge in [-0.1, -0.05) is 18.5 Å². The molecule has 9 nitrogen and oxygen atoms in total. The normalized spacial score (nSPS) is 17.3. The molecular weight excluding hydrogens is 408 g/mol. The number of pyridine rings is 1. The molecule has 2 N–H and O–H groups in total. The molecule has 2 aromatic heterocycles. The van der Waals surface area contributed by atoms with Crippen LogP contribution in [0, 0.1) is 6.92 Å². The zero-order valence-electron chi connectivity index (χ0n) is 16.8. The third-order valence-electron chi connectivity index (χ3n) is 5.03. The second-order valence-electron chi connectivity index (χ2n) is 7.17. The van der Waals surface area contributed by atoms with Gasteiger partial charge in [0.15, 0.2) is 0 Å². The summed E-state index contributed by atoms with van der Waals surface area (Å²) in [5, 5.41) is 4.54. The fourth-order valence-corrected chi connectivity index (χ4v) is 3.61. The van der Waals surface area contributed by atoms with Crippen molar-refractivity contribution in [2.24, 2.45) is 0 Å². The quantitative estimate of drug-likeness (QED) is 0.638. The Morgan fingerprint density at radius 2 is 2.10 bits per heavy atom. The SMILES string of the molecule is CC[C@H]1COC(=O)N1c1nc(C)nc(N[C@H](C)c2cc3cc(Cl)ccc3[nH]c2=O)n1. The van der Waals surface area contributed by atoms with Gasteiger partial charge in [-0.3, -0.25) is 4.79 Å². The van der Waals surface area contributed by atoms with E-state index in [1.54, 1.807) is 31.2 Å².